The molecule has 2 unspecified atom stereocenters. The van der Waals surface area contributed by atoms with Crippen molar-refractivity contribution in [3.05, 3.63) is 35.4 Å². The molecule has 1 heteroatoms. The van der Waals surface area contributed by atoms with Crippen molar-refractivity contribution in [2.45, 2.75) is 50.5 Å². The second-order valence-corrected chi connectivity index (χ2v) is 5.76. The van der Waals surface area contributed by atoms with Gasteiger partial charge < -0.3 is 5.73 Å². The van der Waals surface area contributed by atoms with E-state index in [9.17, 15) is 0 Å². The molecule has 0 bridgehead atoms. The van der Waals surface area contributed by atoms with Crippen LogP contribution >= 0.6 is 0 Å². The van der Waals surface area contributed by atoms with Gasteiger partial charge in [0, 0.05) is 6.04 Å². The molecule has 1 saturated carbocycles. The van der Waals surface area contributed by atoms with Crippen LogP contribution in [0.15, 0.2) is 24.3 Å². The lowest BCUT2D eigenvalue weighted by Crippen LogP contribution is -2.32. The van der Waals surface area contributed by atoms with E-state index < -0.39 is 0 Å². The zero-order valence-corrected chi connectivity index (χ0v) is 10.1. The van der Waals surface area contributed by atoms with Gasteiger partial charge in [-0.1, -0.05) is 24.3 Å². The van der Waals surface area contributed by atoms with E-state index in [0.717, 1.165) is 5.92 Å². The number of hydrogen-bond donors (Lipinski definition) is 1. The SMILES string of the molecule is CC(N)CC1CCc2ccccc2C12CC2. The molecule has 0 saturated heterocycles. The molecule has 0 amide bonds. The number of fused-ring (bicyclic) bond motifs is 2. The van der Waals surface area contributed by atoms with Crippen LogP contribution in [0.1, 0.15) is 43.7 Å². The van der Waals surface area contributed by atoms with Crippen LogP contribution in [0.2, 0.25) is 0 Å². The molecule has 1 nitrogen and oxygen atoms in total. The maximum absolute atomic E-state index is 5.99. The quantitative estimate of drug-likeness (QED) is 0.806. The Morgan fingerprint density at radius 3 is 2.81 bits per heavy atom. The fourth-order valence-electron chi connectivity index (χ4n) is 3.65. The maximum Gasteiger partial charge on any atom is 0.00134 e. The topological polar surface area (TPSA) is 26.0 Å². The van der Waals surface area contributed by atoms with Crippen LogP contribution in [-0.4, -0.2) is 6.04 Å². The van der Waals surface area contributed by atoms with Gasteiger partial charge in [0.25, 0.3) is 0 Å². The monoisotopic (exact) mass is 215 g/mol. The van der Waals surface area contributed by atoms with Crippen LogP contribution in [-0.2, 0) is 11.8 Å². The van der Waals surface area contributed by atoms with Crippen molar-refractivity contribution in [3.63, 3.8) is 0 Å². The van der Waals surface area contributed by atoms with Crippen LogP contribution in [0.4, 0.5) is 0 Å². The summed E-state index contributed by atoms with van der Waals surface area (Å²) in [5.41, 5.74) is 9.77. The predicted octanol–water partition coefficient (Wildman–Crippen LogP) is 3.02. The van der Waals surface area contributed by atoms with E-state index >= 15 is 0 Å². The van der Waals surface area contributed by atoms with Crippen molar-refractivity contribution < 1.29 is 0 Å². The number of hydrogen-bond acceptors (Lipinski definition) is 1. The molecule has 86 valence electrons. The molecule has 2 N–H and O–H groups in total. The fourth-order valence-corrected chi connectivity index (χ4v) is 3.65. The van der Waals surface area contributed by atoms with Gasteiger partial charge in [-0.2, -0.15) is 0 Å². The van der Waals surface area contributed by atoms with Crippen LogP contribution < -0.4 is 5.73 Å². The van der Waals surface area contributed by atoms with E-state index in [4.69, 9.17) is 5.73 Å². The molecule has 2 aliphatic carbocycles. The van der Waals surface area contributed by atoms with Gasteiger partial charge >= 0.3 is 0 Å². The summed E-state index contributed by atoms with van der Waals surface area (Å²) >= 11 is 0. The van der Waals surface area contributed by atoms with E-state index in [2.05, 4.69) is 31.2 Å². The molecular formula is C15H21N. The minimum absolute atomic E-state index is 0.354. The first-order valence-corrected chi connectivity index (χ1v) is 6.56. The van der Waals surface area contributed by atoms with E-state index in [0.29, 0.717) is 11.5 Å². The van der Waals surface area contributed by atoms with Crippen LogP contribution in [0, 0.1) is 5.92 Å². The minimum Gasteiger partial charge on any atom is -0.328 e. The van der Waals surface area contributed by atoms with Crippen molar-refractivity contribution in [2.75, 3.05) is 0 Å². The standard InChI is InChI=1S/C15H21N/c1-11(16)10-13-7-6-12-4-2-3-5-14(12)15(13)8-9-15/h2-5,11,13H,6-10,16H2,1H3. The lowest BCUT2D eigenvalue weighted by molar-refractivity contribution is 0.313. The molecule has 0 heterocycles. The third-order valence-electron chi connectivity index (χ3n) is 4.54. The Bertz CT molecular complexity index is 390. The maximum atomic E-state index is 5.99. The minimum atomic E-state index is 0.354. The van der Waals surface area contributed by atoms with Crippen LogP contribution in [0.3, 0.4) is 0 Å². The molecular weight excluding hydrogens is 194 g/mol. The lowest BCUT2D eigenvalue weighted by Gasteiger charge is -2.35. The summed E-state index contributed by atoms with van der Waals surface area (Å²) in [6, 6.07) is 9.41. The predicted molar refractivity (Wildman–Crippen MR) is 67.4 cm³/mol. The second-order valence-electron chi connectivity index (χ2n) is 5.76. The Hall–Kier alpha value is -0.820. The van der Waals surface area contributed by atoms with E-state index in [1.807, 2.05) is 0 Å². The first kappa shape index (κ1) is 10.3. The normalized spacial score (nSPS) is 27.5. The molecule has 1 spiro atoms. The molecule has 0 radical (unpaired) electrons. The van der Waals surface area contributed by atoms with Gasteiger partial charge in [0.2, 0.25) is 0 Å². The molecule has 0 aromatic heterocycles. The van der Waals surface area contributed by atoms with Crippen molar-refractivity contribution in [1.29, 1.82) is 0 Å². The highest BCUT2D eigenvalue weighted by Crippen LogP contribution is 2.59. The molecule has 2 atom stereocenters. The molecule has 1 aromatic rings. The molecule has 16 heavy (non-hydrogen) atoms. The van der Waals surface area contributed by atoms with Crippen LogP contribution in [0.5, 0.6) is 0 Å². The number of nitrogens with two attached hydrogens (primary N) is 1. The van der Waals surface area contributed by atoms with Crippen LogP contribution in [0.25, 0.3) is 0 Å². The Kier molecular flexibility index (Phi) is 2.32. The van der Waals surface area contributed by atoms with Crippen molar-refractivity contribution in [2.24, 2.45) is 11.7 Å². The molecule has 1 fully saturated rings. The molecule has 3 rings (SSSR count). The molecule has 0 aliphatic heterocycles. The third-order valence-corrected chi connectivity index (χ3v) is 4.54. The van der Waals surface area contributed by atoms with E-state index in [-0.39, 0.29) is 0 Å². The lowest BCUT2D eigenvalue weighted by atomic mass is 9.70. The summed E-state index contributed by atoms with van der Waals surface area (Å²) in [5.74, 6) is 0.836. The summed E-state index contributed by atoms with van der Waals surface area (Å²) in [7, 11) is 0. The fraction of sp³-hybridized carbons (Fsp3) is 0.600. The van der Waals surface area contributed by atoms with Gasteiger partial charge in [0.05, 0.1) is 0 Å². The summed E-state index contributed by atoms with van der Waals surface area (Å²) in [4.78, 5) is 0. The smallest absolute Gasteiger partial charge is 0.00134 e. The van der Waals surface area contributed by atoms with E-state index in [1.54, 1.807) is 11.1 Å². The Labute approximate surface area is 98.0 Å². The molecule has 1 aromatic carbocycles. The highest BCUT2D eigenvalue weighted by Gasteiger charge is 2.52. The van der Waals surface area contributed by atoms with Gasteiger partial charge in [0.15, 0.2) is 0 Å². The summed E-state index contributed by atoms with van der Waals surface area (Å²) in [6.45, 7) is 2.15. The number of rotatable bonds is 2. The Balaban J connectivity index is 1.94. The number of aryl methyl sites for hydroxylation is 1. The molecule has 2 aliphatic rings. The largest absolute Gasteiger partial charge is 0.328 e. The second kappa shape index (κ2) is 3.59. The van der Waals surface area contributed by atoms with Gasteiger partial charge in [-0.05, 0) is 61.5 Å². The first-order valence-electron chi connectivity index (χ1n) is 6.56. The average molecular weight is 215 g/mol. The van der Waals surface area contributed by atoms with Gasteiger partial charge in [0.1, 0.15) is 0 Å². The van der Waals surface area contributed by atoms with E-state index in [1.165, 1.54) is 32.1 Å². The Morgan fingerprint density at radius 2 is 2.12 bits per heavy atom. The zero-order chi connectivity index (χ0) is 11.2. The summed E-state index contributed by atoms with van der Waals surface area (Å²) in [5, 5.41) is 0. The van der Waals surface area contributed by atoms with Crippen molar-refractivity contribution in [1.82, 2.24) is 0 Å². The first-order chi connectivity index (χ1) is 7.72. The summed E-state index contributed by atoms with van der Waals surface area (Å²) < 4.78 is 0. The van der Waals surface area contributed by atoms with Crippen molar-refractivity contribution >= 4 is 0 Å². The average Bonchev–Trinajstić information content (AvgIpc) is 3.04. The summed E-state index contributed by atoms with van der Waals surface area (Å²) in [6.07, 6.45) is 6.59. The van der Waals surface area contributed by atoms with Gasteiger partial charge in [-0.25, -0.2) is 0 Å². The Morgan fingerprint density at radius 1 is 1.38 bits per heavy atom. The number of benzene rings is 1. The highest BCUT2D eigenvalue weighted by molar-refractivity contribution is 5.41. The highest BCUT2D eigenvalue weighted by atomic mass is 14.6. The van der Waals surface area contributed by atoms with Crippen molar-refractivity contribution in [3.8, 4) is 0 Å². The third kappa shape index (κ3) is 1.49. The van der Waals surface area contributed by atoms with Gasteiger partial charge in [-0.3, -0.25) is 0 Å². The van der Waals surface area contributed by atoms with Gasteiger partial charge in [-0.15, -0.1) is 0 Å². The zero-order valence-electron chi connectivity index (χ0n) is 10.1.